The standard InChI is InChI=1S/6ClH.Mn/h6*1H;. The molecule has 0 nitrogen and oxygen atoms in total. The number of halogens is 6. The summed E-state index contributed by atoms with van der Waals surface area (Å²) in [5, 5.41) is 0. The van der Waals surface area contributed by atoms with Crippen molar-refractivity contribution >= 4 is 74.4 Å². The summed E-state index contributed by atoms with van der Waals surface area (Å²) in [5.74, 6) is 0. The average molecular weight is 274 g/mol. The molecule has 0 atom stereocenters. The molecular weight excluding hydrogens is 268 g/mol. The third-order valence-corrected chi connectivity index (χ3v) is 0. The van der Waals surface area contributed by atoms with Crippen LogP contribution < -0.4 is 0 Å². The van der Waals surface area contributed by atoms with Crippen LogP contribution in [0, 0.1) is 0 Å². The molecular formula is H6Cl6Mn. The molecule has 0 rings (SSSR count). The van der Waals surface area contributed by atoms with E-state index < -0.39 is 0 Å². The molecule has 0 aliphatic carbocycles. The van der Waals surface area contributed by atoms with E-state index in [1.54, 1.807) is 0 Å². The van der Waals surface area contributed by atoms with Gasteiger partial charge in [0.25, 0.3) is 0 Å². The zero-order valence-electron chi connectivity index (χ0n) is 2.83. The summed E-state index contributed by atoms with van der Waals surface area (Å²) in [5.41, 5.74) is 0. The molecule has 1 radical (unpaired) electrons. The van der Waals surface area contributed by atoms with Crippen LogP contribution in [0.25, 0.3) is 0 Å². The van der Waals surface area contributed by atoms with E-state index in [-0.39, 0.29) is 91.5 Å². The maximum atomic E-state index is 0. The van der Waals surface area contributed by atoms with Crippen molar-refractivity contribution in [2.75, 3.05) is 0 Å². The Morgan fingerprint density at radius 3 is 0.286 bits per heavy atom. The van der Waals surface area contributed by atoms with Gasteiger partial charge < -0.3 is 0 Å². The van der Waals surface area contributed by atoms with Gasteiger partial charge in [0, 0.05) is 17.1 Å². The van der Waals surface area contributed by atoms with E-state index in [0.717, 1.165) is 0 Å². The summed E-state index contributed by atoms with van der Waals surface area (Å²) >= 11 is 0. The van der Waals surface area contributed by atoms with Crippen LogP contribution in [0.1, 0.15) is 0 Å². The van der Waals surface area contributed by atoms with Gasteiger partial charge in [-0.05, 0) is 0 Å². The van der Waals surface area contributed by atoms with Crippen LogP contribution >= 0.6 is 74.4 Å². The Balaban J connectivity index is 0. The van der Waals surface area contributed by atoms with Crippen molar-refractivity contribution in [1.82, 2.24) is 0 Å². The summed E-state index contributed by atoms with van der Waals surface area (Å²) in [6.07, 6.45) is 0. The second-order valence-electron chi connectivity index (χ2n) is 0. The zero-order chi connectivity index (χ0) is 0. The Labute approximate surface area is 90.9 Å². The normalized spacial score (nSPS) is 0. The fourth-order valence-electron chi connectivity index (χ4n) is 0. The summed E-state index contributed by atoms with van der Waals surface area (Å²) in [4.78, 5) is 0. The van der Waals surface area contributed by atoms with E-state index in [0.29, 0.717) is 0 Å². The predicted octanol–water partition coefficient (Wildman–Crippen LogP) is 2.53. The first-order valence-electron chi connectivity index (χ1n) is 0. The van der Waals surface area contributed by atoms with E-state index in [4.69, 9.17) is 0 Å². The van der Waals surface area contributed by atoms with Gasteiger partial charge in [0.05, 0.1) is 0 Å². The minimum atomic E-state index is 0. The number of hydrogen-bond donors (Lipinski definition) is 0. The third-order valence-electron chi connectivity index (χ3n) is 0. The van der Waals surface area contributed by atoms with Crippen molar-refractivity contribution < 1.29 is 17.1 Å². The Bertz CT molecular complexity index is 4.14. The van der Waals surface area contributed by atoms with Gasteiger partial charge >= 0.3 is 0 Å². The Morgan fingerprint density at radius 2 is 0.286 bits per heavy atom. The van der Waals surface area contributed by atoms with Gasteiger partial charge in [-0.2, -0.15) is 0 Å². The molecule has 0 aromatic rings. The van der Waals surface area contributed by atoms with Gasteiger partial charge in [0.15, 0.2) is 0 Å². The van der Waals surface area contributed by atoms with Crippen LogP contribution in [0.2, 0.25) is 0 Å². The second-order valence-corrected chi connectivity index (χ2v) is 0. The molecule has 0 aliphatic heterocycles. The van der Waals surface area contributed by atoms with Gasteiger partial charge in [-0.15, -0.1) is 74.4 Å². The molecule has 0 amide bonds. The Morgan fingerprint density at radius 1 is 0.286 bits per heavy atom. The number of rotatable bonds is 0. The summed E-state index contributed by atoms with van der Waals surface area (Å²) in [6.45, 7) is 0. The summed E-state index contributed by atoms with van der Waals surface area (Å²) in [6, 6.07) is 0. The van der Waals surface area contributed by atoms with Gasteiger partial charge in [0.1, 0.15) is 0 Å². The molecule has 0 aromatic carbocycles. The minimum absolute atomic E-state index is 0. The maximum absolute atomic E-state index is 0. The van der Waals surface area contributed by atoms with E-state index >= 15 is 0 Å². The Kier molecular flexibility index (Phi) is 1510. The molecule has 7 heavy (non-hydrogen) atoms. The van der Waals surface area contributed by atoms with Crippen molar-refractivity contribution in [3.63, 3.8) is 0 Å². The predicted molar refractivity (Wildman–Crippen MR) is 43.5 cm³/mol. The van der Waals surface area contributed by atoms with Gasteiger partial charge in [-0.25, -0.2) is 0 Å². The van der Waals surface area contributed by atoms with Crippen molar-refractivity contribution in [3.8, 4) is 0 Å². The molecule has 0 saturated carbocycles. The van der Waals surface area contributed by atoms with Crippen molar-refractivity contribution in [3.05, 3.63) is 0 Å². The van der Waals surface area contributed by atoms with Crippen molar-refractivity contribution in [2.24, 2.45) is 0 Å². The average Bonchev–Trinajstić information content (AvgIpc) is 0. The van der Waals surface area contributed by atoms with Crippen LogP contribution in [0.15, 0.2) is 0 Å². The SMILES string of the molecule is Cl.Cl.Cl.Cl.Cl.Cl.[Mn]. The molecule has 0 saturated heterocycles. The minimum Gasteiger partial charge on any atom is -0.147 e. The second kappa shape index (κ2) is 85.3. The maximum Gasteiger partial charge on any atom is 0 e. The smallest absolute Gasteiger partial charge is 0 e. The number of hydrogen-bond acceptors (Lipinski definition) is 0. The van der Waals surface area contributed by atoms with Crippen LogP contribution in [0.3, 0.4) is 0 Å². The largest absolute Gasteiger partial charge is 0.147 e. The zero-order valence-corrected chi connectivity index (χ0v) is 8.91. The topological polar surface area (TPSA) is 0 Å². The van der Waals surface area contributed by atoms with E-state index in [1.165, 1.54) is 0 Å². The van der Waals surface area contributed by atoms with Crippen LogP contribution in [0.4, 0.5) is 0 Å². The molecule has 0 aliphatic rings. The van der Waals surface area contributed by atoms with E-state index in [1.807, 2.05) is 0 Å². The van der Waals surface area contributed by atoms with E-state index in [9.17, 15) is 0 Å². The van der Waals surface area contributed by atoms with E-state index in [2.05, 4.69) is 0 Å². The molecule has 0 aromatic heterocycles. The van der Waals surface area contributed by atoms with Gasteiger partial charge in [-0.1, -0.05) is 0 Å². The van der Waals surface area contributed by atoms with Crippen molar-refractivity contribution in [2.45, 2.75) is 0 Å². The molecule has 7 heteroatoms. The molecule has 55 valence electrons. The fourth-order valence-corrected chi connectivity index (χ4v) is 0. The van der Waals surface area contributed by atoms with Crippen LogP contribution in [-0.4, -0.2) is 0 Å². The quantitative estimate of drug-likeness (QED) is 0.595. The van der Waals surface area contributed by atoms with Gasteiger partial charge in [0.2, 0.25) is 0 Å². The first-order chi connectivity index (χ1) is 0. The van der Waals surface area contributed by atoms with Crippen LogP contribution in [-0.2, 0) is 17.1 Å². The summed E-state index contributed by atoms with van der Waals surface area (Å²) in [7, 11) is 0. The van der Waals surface area contributed by atoms with Crippen LogP contribution in [0.5, 0.6) is 0 Å². The molecule has 0 bridgehead atoms. The first-order valence-corrected chi connectivity index (χ1v) is 0. The third kappa shape index (κ3) is 63.4. The molecule has 0 spiro atoms. The first kappa shape index (κ1) is 124. The fraction of sp³-hybridized carbons (Fsp3) is 0. The summed E-state index contributed by atoms with van der Waals surface area (Å²) < 4.78 is 0. The molecule has 0 N–H and O–H groups in total. The van der Waals surface area contributed by atoms with Crippen molar-refractivity contribution in [1.29, 1.82) is 0 Å². The monoisotopic (exact) mass is 271 g/mol. The molecule has 0 heterocycles. The molecule has 0 fully saturated rings. The molecule has 0 unspecified atom stereocenters. The Hall–Kier alpha value is 2.26. The van der Waals surface area contributed by atoms with Gasteiger partial charge in [-0.3, -0.25) is 0 Å².